The average Bonchev–Trinajstić information content (AvgIpc) is 2.67. The average molecular weight is 148 g/mol. The fourth-order valence-electron chi connectivity index (χ4n) is 0.589. The molecule has 0 unspecified atom stereocenters. The highest BCUT2D eigenvalue weighted by atomic mass is 16.7. The minimum absolute atomic E-state index is 0.500. The van der Waals surface area contributed by atoms with Crippen molar-refractivity contribution >= 4 is 0 Å². The molecule has 0 N–H and O–H groups in total. The van der Waals surface area contributed by atoms with Crippen molar-refractivity contribution < 1.29 is 18.9 Å². The van der Waals surface area contributed by atoms with Crippen LogP contribution in [0.2, 0.25) is 0 Å². The Bertz CT molecular complexity index is 42.9. The molecule has 0 atom stereocenters. The van der Waals surface area contributed by atoms with Crippen LogP contribution in [0.3, 0.4) is 0 Å². The Kier molecular flexibility index (Phi) is 4.46. The van der Waals surface area contributed by atoms with Crippen LogP contribution in [0.5, 0.6) is 0 Å². The van der Waals surface area contributed by atoms with E-state index >= 15 is 0 Å². The molecule has 0 aromatic heterocycles. The minimum Gasteiger partial charge on any atom is -0.353 e. The molecule has 10 heavy (non-hydrogen) atoms. The maximum Gasteiger partial charge on any atom is 0.146 e. The Morgan fingerprint density at radius 2 is 0.800 bits per heavy atom. The van der Waals surface area contributed by atoms with E-state index in [-0.39, 0.29) is 0 Å². The molecule has 2 fully saturated rings. The first-order valence-electron chi connectivity index (χ1n) is 3.31. The van der Waals surface area contributed by atoms with E-state index in [0.717, 1.165) is 26.4 Å². The number of rotatable bonds is 0. The molecule has 0 radical (unpaired) electrons. The molecule has 2 saturated heterocycles. The summed E-state index contributed by atoms with van der Waals surface area (Å²) in [5.74, 6) is 0. The van der Waals surface area contributed by atoms with E-state index in [9.17, 15) is 0 Å². The highest BCUT2D eigenvalue weighted by molar-refractivity contribution is 4.29. The van der Waals surface area contributed by atoms with Gasteiger partial charge in [0.1, 0.15) is 13.6 Å². The molecule has 0 aromatic carbocycles. The summed E-state index contributed by atoms with van der Waals surface area (Å²) in [6.07, 6.45) is 0. The molecule has 0 saturated carbocycles. The molecule has 0 spiro atoms. The number of hydrogen-bond donors (Lipinski definition) is 0. The van der Waals surface area contributed by atoms with E-state index in [0.29, 0.717) is 13.6 Å². The fourth-order valence-corrected chi connectivity index (χ4v) is 0.589. The molecule has 0 amide bonds. The van der Waals surface area contributed by atoms with Gasteiger partial charge in [0.15, 0.2) is 0 Å². The second-order valence-corrected chi connectivity index (χ2v) is 1.87. The van der Waals surface area contributed by atoms with Crippen molar-refractivity contribution in [3.8, 4) is 0 Å². The minimum atomic E-state index is 0.500. The van der Waals surface area contributed by atoms with E-state index in [4.69, 9.17) is 18.9 Å². The Morgan fingerprint density at radius 1 is 0.500 bits per heavy atom. The van der Waals surface area contributed by atoms with Gasteiger partial charge in [-0.25, -0.2) is 0 Å². The van der Waals surface area contributed by atoms with Crippen LogP contribution in [0.15, 0.2) is 0 Å². The molecule has 60 valence electrons. The van der Waals surface area contributed by atoms with Crippen molar-refractivity contribution in [3.05, 3.63) is 0 Å². The Morgan fingerprint density at radius 3 is 0.900 bits per heavy atom. The van der Waals surface area contributed by atoms with Gasteiger partial charge in [-0.15, -0.1) is 0 Å². The van der Waals surface area contributed by atoms with Crippen LogP contribution in [0.1, 0.15) is 0 Å². The van der Waals surface area contributed by atoms with Crippen molar-refractivity contribution in [2.75, 3.05) is 40.0 Å². The number of hydrogen-bond acceptors (Lipinski definition) is 4. The predicted octanol–water partition coefficient (Wildman–Crippen LogP) is -0.0186. The summed E-state index contributed by atoms with van der Waals surface area (Å²) < 4.78 is 18.9. The molecule has 0 aromatic rings. The molecule has 4 heteroatoms. The Balaban J connectivity index is 0.0000001000. The van der Waals surface area contributed by atoms with Gasteiger partial charge in [-0.3, -0.25) is 0 Å². The first-order chi connectivity index (χ1) is 5.00. The van der Waals surface area contributed by atoms with Crippen LogP contribution in [-0.2, 0) is 18.9 Å². The lowest BCUT2D eigenvalue weighted by molar-refractivity contribution is 0.0690. The summed E-state index contributed by atoms with van der Waals surface area (Å²) >= 11 is 0. The lowest BCUT2D eigenvalue weighted by atomic mass is 10.8. The molecule has 0 bridgehead atoms. The largest absolute Gasteiger partial charge is 0.353 e. The quantitative estimate of drug-likeness (QED) is 0.484. The zero-order valence-electron chi connectivity index (χ0n) is 5.88. The monoisotopic (exact) mass is 148 g/mol. The van der Waals surface area contributed by atoms with Crippen LogP contribution < -0.4 is 0 Å². The third-order valence-corrected chi connectivity index (χ3v) is 1.08. The second kappa shape index (κ2) is 5.61. The van der Waals surface area contributed by atoms with Crippen molar-refractivity contribution in [2.24, 2.45) is 0 Å². The first kappa shape index (κ1) is 7.94. The summed E-state index contributed by atoms with van der Waals surface area (Å²) in [4.78, 5) is 0. The Labute approximate surface area is 60.0 Å². The molecule has 2 aliphatic heterocycles. The second-order valence-electron chi connectivity index (χ2n) is 1.87. The topological polar surface area (TPSA) is 36.9 Å². The van der Waals surface area contributed by atoms with Gasteiger partial charge in [0.05, 0.1) is 26.4 Å². The summed E-state index contributed by atoms with van der Waals surface area (Å²) in [7, 11) is 0. The lowest BCUT2D eigenvalue weighted by Crippen LogP contribution is -1.79. The normalized spacial score (nSPS) is 24.0. The van der Waals surface area contributed by atoms with Gasteiger partial charge in [0.25, 0.3) is 0 Å². The van der Waals surface area contributed by atoms with Crippen molar-refractivity contribution in [2.45, 2.75) is 0 Å². The molecular formula is C6H12O4. The molecular weight excluding hydrogens is 136 g/mol. The zero-order valence-corrected chi connectivity index (χ0v) is 5.88. The molecule has 0 aliphatic carbocycles. The standard InChI is InChI=1S/2C3H6O2/c2*1-2-5-3-4-1/h2*1-3H2. The van der Waals surface area contributed by atoms with Crippen molar-refractivity contribution in [3.63, 3.8) is 0 Å². The first-order valence-corrected chi connectivity index (χ1v) is 3.31. The maximum atomic E-state index is 4.72. The molecule has 2 aliphatic rings. The van der Waals surface area contributed by atoms with Crippen LogP contribution in [-0.4, -0.2) is 40.0 Å². The van der Waals surface area contributed by atoms with Gasteiger partial charge < -0.3 is 18.9 Å². The SMILES string of the molecule is C1COCO1.C1COCO1. The van der Waals surface area contributed by atoms with E-state index in [1.54, 1.807) is 0 Å². The van der Waals surface area contributed by atoms with Crippen LogP contribution in [0.4, 0.5) is 0 Å². The summed E-state index contributed by atoms with van der Waals surface area (Å²) in [5.41, 5.74) is 0. The van der Waals surface area contributed by atoms with Crippen molar-refractivity contribution in [1.82, 2.24) is 0 Å². The Hall–Kier alpha value is -0.160. The van der Waals surface area contributed by atoms with Crippen molar-refractivity contribution in [1.29, 1.82) is 0 Å². The van der Waals surface area contributed by atoms with Gasteiger partial charge in [0.2, 0.25) is 0 Å². The van der Waals surface area contributed by atoms with E-state index in [2.05, 4.69) is 0 Å². The summed E-state index contributed by atoms with van der Waals surface area (Å²) in [6, 6.07) is 0. The van der Waals surface area contributed by atoms with Crippen LogP contribution in [0.25, 0.3) is 0 Å². The highest BCUT2D eigenvalue weighted by Crippen LogP contribution is 1.86. The third-order valence-electron chi connectivity index (χ3n) is 1.08. The fraction of sp³-hybridized carbons (Fsp3) is 1.00. The third kappa shape index (κ3) is 3.79. The van der Waals surface area contributed by atoms with Gasteiger partial charge in [-0.1, -0.05) is 0 Å². The van der Waals surface area contributed by atoms with E-state index in [1.165, 1.54) is 0 Å². The maximum absolute atomic E-state index is 4.72. The highest BCUT2D eigenvalue weighted by Gasteiger charge is 1.94. The van der Waals surface area contributed by atoms with Gasteiger partial charge in [0, 0.05) is 0 Å². The van der Waals surface area contributed by atoms with E-state index < -0.39 is 0 Å². The van der Waals surface area contributed by atoms with Gasteiger partial charge >= 0.3 is 0 Å². The van der Waals surface area contributed by atoms with Gasteiger partial charge in [-0.05, 0) is 0 Å². The smallest absolute Gasteiger partial charge is 0.146 e. The summed E-state index contributed by atoms with van der Waals surface area (Å²) in [6.45, 7) is 4.11. The number of ether oxygens (including phenoxy) is 4. The molecule has 2 rings (SSSR count). The summed E-state index contributed by atoms with van der Waals surface area (Å²) in [5, 5.41) is 0. The molecule has 2 heterocycles. The lowest BCUT2D eigenvalue weighted by Gasteiger charge is -1.76. The molecule has 4 nitrogen and oxygen atoms in total. The predicted molar refractivity (Wildman–Crippen MR) is 33.5 cm³/mol. The van der Waals surface area contributed by atoms with E-state index in [1.807, 2.05) is 0 Å². The zero-order chi connectivity index (χ0) is 7.07. The van der Waals surface area contributed by atoms with Crippen LogP contribution >= 0.6 is 0 Å². The van der Waals surface area contributed by atoms with Crippen LogP contribution in [0, 0.1) is 0 Å². The van der Waals surface area contributed by atoms with Gasteiger partial charge in [-0.2, -0.15) is 0 Å².